The summed E-state index contributed by atoms with van der Waals surface area (Å²) in [7, 11) is 0. The van der Waals surface area contributed by atoms with Crippen LogP contribution in [0.25, 0.3) is 6.08 Å². The summed E-state index contributed by atoms with van der Waals surface area (Å²) in [6, 6.07) is 26.9. The molecule has 0 saturated carbocycles. The Morgan fingerprint density at radius 3 is 2.26 bits per heavy atom. The second-order valence-corrected chi connectivity index (χ2v) is 7.03. The van der Waals surface area contributed by atoms with Gasteiger partial charge in [-0.15, -0.1) is 0 Å². The highest BCUT2D eigenvalue weighted by molar-refractivity contribution is 5.87. The molecule has 0 bridgehead atoms. The van der Waals surface area contributed by atoms with Gasteiger partial charge in [0.05, 0.1) is 6.54 Å². The van der Waals surface area contributed by atoms with E-state index < -0.39 is 12.1 Å². The number of aryl methyl sites for hydroxylation is 1. The minimum absolute atomic E-state index is 0.0987. The first-order chi connectivity index (χ1) is 15.1. The smallest absolute Gasteiger partial charge is 0.414 e. The lowest BCUT2D eigenvalue weighted by molar-refractivity contribution is -0.136. The maximum atomic E-state index is 12.8. The Balaban J connectivity index is 1.60. The molecule has 0 spiro atoms. The number of ether oxygens (including phenoxy) is 1. The van der Waals surface area contributed by atoms with Crippen LogP contribution < -0.4 is 4.90 Å². The van der Waals surface area contributed by atoms with Gasteiger partial charge in [0.15, 0.2) is 0 Å². The first kappa shape index (κ1) is 21.8. The molecule has 0 aliphatic rings. The van der Waals surface area contributed by atoms with E-state index in [-0.39, 0.29) is 13.0 Å². The molecule has 0 heterocycles. The molecule has 1 amide bonds. The normalized spacial score (nSPS) is 10.7. The van der Waals surface area contributed by atoms with Crippen molar-refractivity contribution < 1.29 is 19.4 Å². The molecule has 3 aromatic rings. The Morgan fingerprint density at radius 1 is 0.871 bits per heavy atom. The molecule has 0 radical (unpaired) electrons. The second-order valence-electron chi connectivity index (χ2n) is 7.03. The van der Waals surface area contributed by atoms with Crippen LogP contribution in [0.15, 0.2) is 91.0 Å². The predicted molar refractivity (Wildman–Crippen MR) is 122 cm³/mol. The molecule has 0 aromatic heterocycles. The molecule has 31 heavy (non-hydrogen) atoms. The van der Waals surface area contributed by atoms with Crippen molar-refractivity contribution in [2.24, 2.45) is 0 Å². The van der Waals surface area contributed by atoms with E-state index in [2.05, 4.69) is 0 Å². The Hall–Kier alpha value is -3.86. The predicted octanol–water partition coefficient (Wildman–Crippen LogP) is 5.56. The van der Waals surface area contributed by atoms with Crippen molar-refractivity contribution in [3.63, 3.8) is 0 Å². The summed E-state index contributed by atoms with van der Waals surface area (Å²) in [5.41, 5.74) is 3.67. The third-order valence-electron chi connectivity index (χ3n) is 4.66. The second kappa shape index (κ2) is 11.4. The highest BCUT2D eigenvalue weighted by Crippen LogP contribution is 2.18. The zero-order chi connectivity index (χ0) is 21.9. The fourth-order valence-corrected chi connectivity index (χ4v) is 3.12. The van der Waals surface area contributed by atoms with Crippen LogP contribution in [0.3, 0.4) is 0 Å². The van der Waals surface area contributed by atoms with E-state index >= 15 is 0 Å². The van der Waals surface area contributed by atoms with Crippen LogP contribution in [-0.4, -0.2) is 23.8 Å². The molecule has 3 aromatic carbocycles. The number of rotatable bonds is 9. The van der Waals surface area contributed by atoms with Crippen LogP contribution in [0.1, 0.15) is 23.1 Å². The number of amides is 1. The number of hydrogen-bond acceptors (Lipinski definition) is 3. The molecule has 0 aliphatic carbocycles. The van der Waals surface area contributed by atoms with Gasteiger partial charge in [-0.05, 0) is 41.3 Å². The van der Waals surface area contributed by atoms with Crippen LogP contribution in [-0.2, 0) is 22.5 Å². The number of carboxylic acid groups (broad SMARTS) is 1. The molecule has 158 valence electrons. The lowest BCUT2D eigenvalue weighted by Gasteiger charge is -2.22. The maximum absolute atomic E-state index is 12.8. The minimum Gasteiger partial charge on any atom is -0.481 e. The average molecular weight is 415 g/mol. The van der Waals surface area contributed by atoms with Crippen LogP contribution in [0.2, 0.25) is 0 Å². The molecule has 0 unspecified atom stereocenters. The number of anilines is 1. The molecule has 5 heteroatoms. The standard InChI is InChI=1S/C26H25NO4/c28-25(29)17-16-22-12-7-11-21(19-22)13-8-18-31-26(30)27(24-14-5-2-6-15-24)20-23-9-3-1-4-10-23/h1-15,19H,16-18,20H2,(H,28,29). The van der Waals surface area contributed by atoms with Gasteiger partial charge >= 0.3 is 12.1 Å². The Bertz CT molecular complexity index is 1020. The number of para-hydroxylation sites is 1. The van der Waals surface area contributed by atoms with Gasteiger partial charge < -0.3 is 9.84 Å². The Labute approximate surface area is 182 Å². The van der Waals surface area contributed by atoms with E-state index in [4.69, 9.17) is 9.84 Å². The number of benzene rings is 3. The number of carbonyl (C=O) groups is 2. The van der Waals surface area contributed by atoms with Crippen LogP contribution >= 0.6 is 0 Å². The first-order valence-electron chi connectivity index (χ1n) is 10.1. The summed E-state index contributed by atoms with van der Waals surface area (Å²) < 4.78 is 5.48. The van der Waals surface area contributed by atoms with Gasteiger partial charge in [0, 0.05) is 12.1 Å². The molecular formula is C26H25NO4. The molecule has 0 fully saturated rings. The van der Waals surface area contributed by atoms with Crippen molar-refractivity contribution in [3.8, 4) is 0 Å². The topological polar surface area (TPSA) is 66.8 Å². The van der Waals surface area contributed by atoms with E-state index in [0.29, 0.717) is 13.0 Å². The highest BCUT2D eigenvalue weighted by Gasteiger charge is 2.17. The lowest BCUT2D eigenvalue weighted by Crippen LogP contribution is -2.31. The first-order valence-corrected chi connectivity index (χ1v) is 10.1. The molecule has 0 saturated heterocycles. The van der Waals surface area contributed by atoms with Crippen molar-refractivity contribution in [2.75, 3.05) is 11.5 Å². The van der Waals surface area contributed by atoms with Crippen molar-refractivity contribution >= 4 is 23.8 Å². The SMILES string of the molecule is O=C(O)CCc1cccc(C=CCOC(=O)N(Cc2ccccc2)c2ccccc2)c1. The largest absolute Gasteiger partial charge is 0.481 e. The minimum atomic E-state index is -0.814. The Kier molecular flexibility index (Phi) is 8.00. The van der Waals surface area contributed by atoms with Gasteiger partial charge in [-0.3, -0.25) is 9.69 Å². The third-order valence-corrected chi connectivity index (χ3v) is 4.66. The summed E-state index contributed by atoms with van der Waals surface area (Å²) in [5.74, 6) is -0.814. The van der Waals surface area contributed by atoms with E-state index in [9.17, 15) is 9.59 Å². The molecule has 0 aliphatic heterocycles. The summed E-state index contributed by atoms with van der Waals surface area (Å²) >= 11 is 0. The summed E-state index contributed by atoms with van der Waals surface area (Å²) in [6.07, 6.45) is 3.80. The van der Waals surface area contributed by atoms with Crippen molar-refractivity contribution in [2.45, 2.75) is 19.4 Å². The fourth-order valence-electron chi connectivity index (χ4n) is 3.12. The van der Waals surface area contributed by atoms with Gasteiger partial charge in [-0.1, -0.05) is 78.9 Å². The molecule has 1 N–H and O–H groups in total. The summed E-state index contributed by atoms with van der Waals surface area (Å²) in [5, 5.41) is 8.82. The average Bonchev–Trinajstić information content (AvgIpc) is 2.80. The monoisotopic (exact) mass is 415 g/mol. The quantitative estimate of drug-likeness (QED) is 0.497. The number of aliphatic carboxylic acids is 1. The van der Waals surface area contributed by atoms with Gasteiger partial charge in [-0.2, -0.15) is 0 Å². The fraction of sp³-hybridized carbons (Fsp3) is 0.154. The summed E-state index contributed by atoms with van der Waals surface area (Å²) in [6.45, 7) is 0.551. The number of hydrogen-bond donors (Lipinski definition) is 1. The van der Waals surface area contributed by atoms with E-state index in [0.717, 1.165) is 22.4 Å². The Morgan fingerprint density at radius 2 is 1.55 bits per heavy atom. The van der Waals surface area contributed by atoms with Crippen LogP contribution in [0.4, 0.5) is 10.5 Å². The molecular weight excluding hydrogens is 390 g/mol. The number of carbonyl (C=O) groups excluding carboxylic acids is 1. The van der Waals surface area contributed by atoms with Crippen molar-refractivity contribution in [1.82, 2.24) is 0 Å². The third kappa shape index (κ3) is 7.16. The van der Waals surface area contributed by atoms with Gasteiger partial charge in [0.1, 0.15) is 6.61 Å². The zero-order valence-corrected chi connectivity index (χ0v) is 17.2. The zero-order valence-electron chi connectivity index (χ0n) is 17.2. The maximum Gasteiger partial charge on any atom is 0.414 e. The van der Waals surface area contributed by atoms with Crippen molar-refractivity contribution in [3.05, 3.63) is 108 Å². The number of carboxylic acids is 1. The van der Waals surface area contributed by atoms with Gasteiger partial charge in [0.25, 0.3) is 0 Å². The molecule has 3 rings (SSSR count). The molecule has 0 atom stereocenters. The highest BCUT2D eigenvalue weighted by atomic mass is 16.6. The molecule has 5 nitrogen and oxygen atoms in total. The van der Waals surface area contributed by atoms with Crippen LogP contribution in [0, 0.1) is 0 Å². The summed E-state index contributed by atoms with van der Waals surface area (Å²) in [4.78, 5) is 25.1. The van der Waals surface area contributed by atoms with E-state index in [1.807, 2.05) is 91.0 Å². The lowest BCUT2D eigenvalue weighted by atomic mass is 10.1. The van der Waals surface area contributed by atoms with E-state index in [1.165, 1.54) is 0 Å². The van der Waals surface area contributed by atoms with Crippen molar-refractivity contribution in [1.29, 1.82) is 0 Å². The van der Waals surface area contributed by atoms with Crippen LogP contribution in [0.5, 0.6) is 0 Å². The van der Waals surface area contributed by atoms with Gasteiger partial charge in [-0.25, -0.2) is 4.79 Å². The van der Waals surface area contributed by atoms with Gasteiger partial charge in [0.2, 0.25) is 0 Å². The van der Waals surface area contributed by atoms with E-state index in [1.54, 1.807) is 11.0 Å². The number of nitrogens with zero attached hydrogens (tertiary/aromatic N) is 1.